The zero-order valence-corrected chi connectivity index (χ0v) is 16.7. The quantitative estimate of drug-likeness (QED) is 0.520. The van der Waals surface area contributed by atoms with E-state index in [0.29, 0.717) is 6.61 Å². The van der Waals surface area contributed by atoms with E-state index in [1.165, 1.54) is 43.5 Å². The van der Waals surface area contributed by atoms with Crippen molar-refractivity contribution in [2.75, 3.05) is 33.4 Å². The van der Waals surface area contributed by atoms with Crippen molar-refractivity contribution in [3.8, 4) is 5.75 Å². The highest BCUT2D eigenvalue weighted by Crippen LogP contribution is 2.51. The predicted molar refractivity (Wildman–Crippen MR) is 109 cm³/mol. The van der Waals surface area contributed by atoms with Crippen molar-refractivity contribution < 1.29 is 14.0 Å². The Labute approximate surface area is 163 Å². The summed E-state index contributed by atoms with van der Waals surface area (Å²) in [4.78, 5) is 0. The smallest absolute Gasteiger partial charge is 0.122 e. The average molecular weight is 367 g/mol. The molecule has 3 heteroatoms. The molecule has 2 bridgehead atoms. The van der Waals surface area contributed by atoms with Crippen molar-refractivity contribution in [2.45, 2.75) is 38.3 Å². The Bertz CT molecular complexity index is 752. The first kappa shape index (κ1) is 18.5. The lowest BCUT2D eigenvalue weighted by Gasteiger charge is -2.60. The molecule has 3 aliphatic heterocycles. The van der Waals surface area contributed by atoms with Crippen LogP contribution in [-0.2, 0) is 16.9 Å². The van der Waals surface area contributed by atoms with Crippen LogP contribution in [0.3, 0.4) is 0 Å². The van der Waals surface area contributed by atoms with Gasteiger partial charge in [-0.05, 0) is 43.4 Å². The maximum atomic E-state index is 6.10. The van der Waals surface area contributed by atoms with E-state index in [1.807, 2.05) is 0 Å². The predicted octanol–water partition coefficient (Wildman–Crippen LogP) is 4.76. The van der Waals surface area contributed by atoms with E-state index in [0.717, 1.165) is 29.3 Å². The summed E-state index contributed by atoms with van der Waals surface area (Å²) in [6, 6.07) is 19.2. The van der Waals surface area contributed by atoms with Crippen LogP contribution in [0.2, 0.25) is 0 Å². The van der Waals surface area contributed by atoms with Gasteiger partial charge in [-0.25, -0.2) is 0 Å². The second-order valence-electron chi connectivity index (χ2n) is 8.51. The molecule has 0 radical (unpaired) electrons. The molecule has 0 amide bonds. The molecule has 2 aromatic carbocycles. The first-order valence-corrected chi connectivity index (χ1v) is 10.3. The van der Waals surface area contributed by atoms with Gasteiger partial charge in [-0.1, -0.05) is 42.5 Å². The summed E-state index contributed by atoms with van der Waals surface area (Å²) in [5, 5.41) is 0. The van der Waals surface area contributed by atoms with Crippen molar-refractivity contribution in [2.24, 2.45) is 5.92 Å². The fourth-order valence-electron chi connectivity index (χ4n) is 5.39. The van der Waals surface area contributed by atoms with Gasteiger partial charge in [0.25, 0.3) is 0 Å². The van der Waals surface area contributed by atoms with Gasteiger partial charge in [0.15, 0.2) is 0 Å². The molecule has 3 saturated heterocycles. The third-order valence-corrected chi connectivity index (χ3v) is 7.13. The van der Waals surface area contributed by atoms with Crippen LogP contribution in [0, 0.1) is 5.92 Å². The van der Waals surface area contributed by atoms with Crippen molar-refractivity contribution in [1.29, 1.82) is 0 Å². The summed E-state index contributed by atoms with van der Waals surface area (Å²) in [6.07, 6.45) is 4.00. The lowest BCUT2D eigenvalue weighted by molar-refractivity contribution is -0.997. The molecule has 0 aromatic heterocycles. The Morgan fingerprint density at radius 3 is 2.56 bits per heavy atom. The number of ether oxygens (including phenoxy) is 2. The van der Waals surface area contributed by atoms with Crippen molar-refractivity contribution in [3.63, 3.8) is 0 Å². The van der Waals surface area contributed by atoms with Crippen molar-refractivity contribution in [1.82, 2.24) is 0 Å². The van der Waals surface area contributed by atoms with Gasteiger partial charge < -0.3 is 14.0 Å². The summed E-state index contributed by atoms with van der Waals surface area (Å²) < 4.78 is 12.8. The summed E-state index contributed by atoms with van der Waals surface area (Å²) in [6.45, 7) is 7.64. The Kier molecular flexibility index (Phi) is 5.25. The third-order valence-electron chi connectivity index (χ3n) is 7.13. The highest BCUT2D eigenvalue weighted by atomic mass is 16.5. The third kappa shape index (κ3) is 3.51. The van der Waals surface area contributed by atoms with Crippen LogP contribution in [0.1, 0.15) is 37.3 Å². The second kappa shape index (κ2) is 7.65. The molecule has 3 heterocycles. The average Bonchev–Trinajstić information content (AvgIpc) is 2.73. The molecule has 3 aliphatic rings. The summed E-state index contributed by atoms with van der Waals surface area (Å²) in [7, 11) is 1.76. The molecule has 1 unspecified atom stereocenters. The van der Waals surface area contributed by atoms with E-state index < -0.39 is 0 Å². The number of quaternary nitrogens is 1. The molecule has 1 atom stereocenters. The SMILES string of the molecule is COc1cccc(C2(C)CC3CC[N+]2(CCOCc2ccccc2)CC3)c1. The number of benzene rings is 2. The van der Waals surface area contributed by atoms with Crippen LogP contribution in [0.15, 0.2) is 54.6 Å². The highest BCUT2D eigenvalue weighted by molar-refractivity contribution is 5.32. The molecule has 5 rings (SSSR count). The zero-order chi connectivity index (χ0) is 18.7. The molecular weight excluding hydrogens is 334 g/mol. The molecule has 0 N–H and O–H groups in total. The Balaban J connectivity index is 1.50. The monoisotopic (exact) mass is 366 g/mol. The van der Waals surface area contributed by atoms with E-state index >= 15 is 0 Å². The van der Waals surface area contributed by atoms with Crippen molar-refractivity contribution >= 4 is 0 Å². The minimum absolute atomic E-state index is 0.159. The maximum absolute atomic E-state index is 6.10. The number of hydrogen-bond acceptors (Lipinski definition) is 2. The summed E-state index contributed by atoms with van der Waals surface area (Å²) in [5.41, 5.74) is 2.84. The highest BCUT2D eigenvalue weighted by Gasteiger charge is 2.56. The van der Waals surface area contributed by atoms with Gasteiger partial charge >= 0.3 is 0 Å². The Morgan fingerprint density at radius 1 is 1.04 bits per heavy atom. The van der Waals surface area contributed by atoms with Gasteiger partial charge in [0.05, 0.1) is 33.4 Å². The largest absolute Gasteiger partial charge is 0.497 e. The number of piperidine rings is 3. The van der Waals surface area contributed by atoms with E-state index in [4.69, 9.17) is 9.47 Å². The van der Waals surface area contributed by atoms with Gasteiger partial charge in [-0.2, -0.15) is 0 Å². The van der Waals surface area contributed by atoms with E-state index in [2.05, 4.69) is 61.5 Å². The molecule has 2 aromatic rings. The second-order valence-corrected chi connectivity index (χ2v) is 8.51. The molecule has 3 fully saturated rings. The van der Waals surface area contributed by atoms with Crippen LogP contribution in [0.5, 0.6) is 5.75 Å². The fourth-order valence-corrected chi connectivity index (χ4v) is 5.39. The van der Waals surface area contributed by atoms with Crippen LogP contribution in [-0.4, -0.2) is 37.8 Å². The number of rotatable bonds is 7. The number of fused-ring (bicyclic) bond motifs is 3. The fraction of sp³-hybridized carbons (Fsp3) is 0.500. The van der Waals surface area contributed by atoms with E-state index in [-0.39, 0.29) is 5.54 Å². The zero-order valence-electron chi connectivity index (χ0n) is 16.7. The first-order valence-electron chi connectivity index (χ1n) is 10.3. The molecule has 0 saturated carbocycles. The molecule has 27 heavy (non-hydrogen) atoms. The van der Waals surface area contributed by atoms with Crippen LogP contribution in [0.4, 0.5) is 0 Å². The molecule has 0 aliphatic carbocycles. The van der Waals surface area contributed by atoms with Gasteiger partial charge in [0, 0.05) is 12.0 Å². The Morgan fingerprint density at radius 2 is 1.81 bits per heavy atom. The van der Waals surface area contributed by atoms with Crippen LogP contribution in [0.25, 0.3) is 0 Å². The number of nitrogens with zero attached hydrogens (tertiary/aromatic N) is 1. The first-order chi connectivity index (χ1) is 13.2. The van der Waals surface area contributed by atoms with Crippen LogP contribution >= 0.6 is 0 Å². The number of methoxy groups -OCH3 is 1. The minimum Gasteiger partial charge on any atom is -0.497 e. The molecule has 3 nitrogen and oxygen atoms in total. The van der Waals surface area contributed by atoms with E-state index in [9.17, 15) is 0 Å². The topological polar surface area (TPSA) is 18.5 Å². The van der Waals surface area contributed by atoms with E-state index in [1.54, 1.807) is 7.11 Å². The normalized spacial score (nSPS) is 29.6. The lowest BCUT2D eigenvalue weighted by atomic mass is 9.69. The molecule has 0 spiro atoms. The van der Waals surface area contributed by atoms with Gasteiger partial charge in [-0.3, -0.25) is 0 Å². The van der Waals surface area contributed by atoms with Crippen LogP contribution < -0.4 is 4.74 Å². The molecular formula is C24H32NO2+. The molecule has 144 valence electrons. The standard InChI is InChI=1S/C24H32NO2/c1-24(22-9-6-10-23(17-22)26-2)18-20-11-13-25(24,14-12-20)15-16-27-19-21-7-4-3-5-8-21/h3-10,17,20H,11-16,18-19H2,1-2H3/q+1. The summed E-state index contributed by atoms with van der Waals surface area (Å²) in [5.74, 6) is 1.83. The van der Waals surface area contributed by atoms with Gasteiger partial charge in [0.1, 0.15) is 17.8 Å². The van der Waals surface area contributed by atoms with Gasteiger partial charge in [-0.15, -0.1) is 0 Å². The van der Waals surface area contributed by atoms with Gasteiger partial charge in [0.2, 0.25) is 0 Å². The maximum Gasteiger partial charge on any atom is 0.122 e. The summed E-state index contributed by atoms with van der Waals surface area (Å²) >= 11 is 0. The van der Waals surface area contributed by atoms with Crippen molar-refractivity contribution in [3.05, 3.63) is 65.7 Å². The Hall–Kier alpha value is -1.84. The lowest BCUT2D eigenvalue weighted by Crippen LogP contribution is -2.69. The minimum atomic E-state index is 0.159. The number of hydrogen-bond donors (Lipinski definition) is 0.